The van der Waals surface area contributed by atoms with Crippen molar-refractivity contribution in [2.24, 2.45) is 0 Å². The van der Waals surface area contributed by atoms with Gasteiger partial charge in [0, 0.05) is 5.69 Å². The van der Waals surface area contributed by atoms with Gasteiger partial charge in [-0.3, -0.25) is 0 Å². The molecule has 0 heterocycles. The van der Waals surface area contributed by atoms with Crippen molar-refractivity contribution in [2.45, 2.75) is 31.8 Å². The van der Waals surface area contributed by atoms with E-state index in [1.807, 2.05) is 25.1 Å². The fourth-order valence-electron chi connectivity index (χ4n) is 4.03. The Kier molecular flexibility index (Phi) is 5.80. The van der Waals surface area contributed by atoms with Crippen LogP contribution in [0.1, 0.15) is 35.2 Å². The van der Waals surface area contributed by atoms with Gasteiger partial charge in [0.1, 0.15) is 0 Å². The molecule has 0 aromatic heterocycles. The summed E-state index contributed by atoms with van der Waals surface area (Å²) >= 11 is 0. The molecule has 4 nitrogen and oxygen atoms in total. The molecule has 3 aromatic rings. The lowest BCUT2D eigenvalue weighted by Crippen LogP contribution is -2.40. The molecule has 0 saturated heterocycles. The number of fused-ring (bicyclic) bond motifs is 1. The smallest absolute Gasteiger partial charge is 0.407 e. The predicted molar refractivity (Wildman–Crippen MR) is 116 cm³/mol. The van der Waals surface area contributed by atoms with Gasteiger partial charge in [0.2, 0.25) is 0 Å². The van der Waals surface area contributed by atoms with Crippen LogP contribution in [0.4, 0.5) is 10.5 Å². The Bertz CT molecular complexity index is 971. The van der Waals surface area contributed by atoms with Crippen molar-refractivity contribution in [1.82, 2.24) is 5.32 Å². The number of amides is 1. The van der Waals surface area contributed by atoms with E-state index in [1.165, 1.54) is 22.3 Å². The van der Waals surface area contributed by atoms with Gasteiger partial charge in [0.25, 0.3) is 0 Å². The molecule has 2 atom stereocenters. The van der Waals surface area contributed by atoms with E-state index < -0.39 is 0 Å². The van der Waals surface area contributed by atoms with Crippen LogP contribution in [0, 0.1) is 0 Å². The summed E-state index contributed by atoms with van der Waals surface area (Å²) < 4.78 is 5.13. The maximum Gasteiger partial charge on any atom is 0.407 e. The van der Waals surface area contributed by atoms with E-state index in [0.717, 1.165) is 18.5 Å². The van der Waals surface area contributed by atoms with Crippen molar-refractivity contribution < 1.29 is 9.53 Å². The minimum absolute atomic E-state index is 0.00692. The topological polar surface area (TPSA) is 50.4 Å². The predicted octanol–water partition coefficient (Wildman–Crippen LogP) is 5.10. The molecule has 0 aliphatic heterocycles. The van der Waals surface area contributed by atoms with Gasteiger partial charge in [-0.1, -0.05) is 72.8 Å². The summed E-state index contributed by atoms with van der Waals surface area (Å²) in [6.07, 6.45) is 1.27. The maximum absolute atomic E-state index is 12.1. The van der Waals surface area contributed by atoms with Gasteiger partial charge in [-0.2, -0.15) is 0 Å². The number of carbonyl (C=O) groups excluding carboxylic acids is 1. The van der Waals surface area contributed by atoms with Crippen molar-refractivity contribution in [2.75, 3.05) is 11.9 Å². The lowest BCUT2D eigenvalue weighted by atomic mass is 10.0. The van der Waals surface area contributed by atoms with Crippen molar-refractivity contribution in [3.8, 4) is 0 Å². The molecule has 1 amide bonds. The number of hydrogen-bond acceptors (Lipinski definition) is 3. The second-order valence-corrected chi connectivity index (χ2v) is 7.32. The summed E-state index contributed by atoms with van der Waals surface area (Å²) in [4.78, 5) is 12.1. The molecule has 4 rings (SSSR count). The number of nitrogens with one attached hydrogen (secondary N) is 2. The Morgan fingerprint density at radius 2 is 1.69 bits per heavy atom. The van der Waals surface area contributed by atoms with Crippen molar-refractivity contribution in [3.05, 3.63) is 101 Å². The average Bonchev–Trinajstić information content (AvgIpc) is 3.07. The number of rotatable bonds is 6. The lowest BCUT2D eigenvalue weighted by molar-refractivity contribution is 0.147. The molecule has 3 aromatic carbocycles. The van der Waals surface area contributed by atoms with Crippen LogP contribution in [0.2, 0.25) is 0 Å². The molecule has 0 radical (unpaired) electrons. The van der Waals surface area contributed by atoms with Gasteiger partial charge in [-0.15, -0.1) is 0 Å². The second-order valence-electron chi connectivity index (χ2n) is 7.32. The van der Waals surface area contributed by atoms with Crippen LogP contribution in [0.25, 0.3) is 0 Å². The van der Waals surface area contributed by atoms with Gasteiger partial charge < -0.3 is 15.4 Å². The fraction of sp³-hybridized carbons (Fsp3) is 0.240. The zero-order valence-electron chi connectivity index (χ0n) is 16.6. The third-order valence-electron chi connectivity index (χ3n) is 5.38. The van der Waals surface area contributed by atoms with Gasteiger partial charge in [-0.25, -0.2) is 4.79 Å². The first kappa shape index (κ1) is 19.1. The fourth-order valence-corrected chi connectivity index (χ4v) is 4.03. The molecule has 0 bridgehead atoms. The molecule has 0 fully saturated rings. The summed E-state index contributed by atoms with van der Waals surface area (Å²) in [6.45, 7) is 2.18. The van der Waals surface area contributed by atoms with Crippen LogP contribution < -0.4 is 10.6 Å². The van der Waals surface area contributed by atoms with E-state index in [9.17, 15) is 4.79 Å². The zero-order valence-corrected chi connectivity index (χ0v) is 16.6. The number of ether oxygens (including phenoxy) is 1. The van der Waals surface area contributed by atoms with E-state index in [0.29, 0.717) is 6.61 Å². The monoisotopic (exact) mass is 386 g/mol. The Labute approximate surface area is 171 Å². The Morgan fingerprint density at radius 1 is 0.966 bits per heavy atom. The average molecular weight is 386 g/mol. The highest BCUT2D eigenvalue weighted by molar-refractivity contribution is 5.68. The highest BCUT2D eigenvalue weighted by Crippen LogP contribution is 2.35. The lowest BCUT2D eigenvalue weighted by Gasteiger charge is -2.25. The molecular weight excluding hydrogens is 360 g/mol. The van der Waals surface area contributed by atoms with Crippen LogP contribution >= 0.6 is 0 Å². The quantitative estimate of drug-likeness (QED) is 0.620. The summed E-state index contributed by atoms with van der Waals surface area (Å²) in [7, 11) is 0. The van der Waals surface area contributed by atoms with Crippen molar-refractivity contribution in [3.63, 3.8) is 0 Å². The van der Waals surface area contributed by atoms with Crippen molar-refractivity contribution in [1.29, 1.82) is 0 Å². The van der Waals surface area contributed by atoms with Crippen LogP contribution in [-0.2, 0) is 17.6 Å². The van der Waals surface area contributed by atoms with E-state index in [-0.39, 0.29) is 18.2 Å². The molecular formula is C25H26N2O2. The molecule has 148 valence electrons. The first-order valence-corrected chi connectivity index (χ1v) is 10.1. The van der Waals surface area contributed by atoms with Gasteiger partial charge in [0.15, 0.2) is 0 Å². The first-order valence-electron chi connectivity index (χ1n) is 10.1. The van der Waals surface area contributed by atoms with Gasteiger partial charge in [0.05, 0.1) is 18.7 Å². The van der Waals surface area contributed by atoms with E-state index in [4.69, 9.17) is 4.74 Å². The molecule has 29 heavy (non-hydrogen) atoms. The SMILES string of the molecule is CCOC(=O)N[C@@H]1Cc2ccccc2[C@H]1Nc1ccccc1Cc1ccccc1. The van der Waals surface area contributed by atoms with E-state index in [2.05, 4.69) is 71.3 Å². The molecule has 2 N–H and O–H groups in total. The van der Waals surface area contributed by atoms with Gasteiger partial charge in [-0.05, 0) is 48.1 Å². The van der Waals surface area contributed by atoms with E-state index >= 15 is 0 Å². The van der Waals surface area contributed by atoms with Crippen molar-refractivity contribution >= 4 is 11.8 Å². The number of para-hydroxylation sites is 1. The third kappa shape index (κ3) is 4.43. The minimum atomic E-state index is -0.366. The Morgan fingerprint density at radius 3 is 2.52 bits per heavy atom. The summed E-state index contributed by atoms with van der Waals surface area (Å²) in [5.41, 5.74) is 6.08. The Balaban J connectivity index is 1.60. The summed E-state index contributed by atoms with van der Waals surface area (Å²) in [5.74, 6) is 0. The van der Waals surface area contributed by atoms with Crippen LogP contribution in [0.15, 0.2) is 78.9 Å². The number of carbonyl (C=O) groups is 1. The first-order chi connectivity index (χ1) is 14.2. The van der Waals surface area contributed by atoms with Crippen LogP contribution in [0.5, 0.6) is 0 Å². The van der Waals surface area contributed by atoms with Crippen LogP contribution in [0.3, 0.4) is 0 Å². The summed E-state index contributed by atoms with van der Waals surface area (Å²) in [6, 6.07) is 27.2. The van der Waals surface area contributed by atoms with E-state index in [1.54, 1.807) is 0 Å². The largest absolute Gasteiger partial charge is 0.450 e. The maximum atomic E-state index is 12.1. The zero-order chi connectivity index (χ0) is 20.1. The standard InChI is InChI=1S/C25H26N2O2/c1-2-29-25(28)27-23-17-19-12-6-8-14-21(19)24(23)26-22-15-9-7-13-20(22)16-18-10-4-3-5-11-18/h3-15,23-24,26H,2,16-17H2,1H3,(H,27,28)/t23-,24-/m1/s1. The molecule has 0 unspecified atom stereocenters. The third-order valence-corrected chi connectivity index (χ3v) is 5.38. The highest BCUT2D eigenvalue weighted by Gasteiger charge is 2.34. The normalized spacial score (nSPS) is 17.4. The second kappa shape index (κ2) is 8.82. The number of anilines is 1. The number of hydrogen-bond donors (Lipinski definition) is 2. The van der Waals surface area contributed by atoms with Crippen LogP contribution in [-0.4, -0.2) is 18.7 Å². The molecule has 1 aliphatic rings. The summed E-state index contributed by atoms with van der Waals surface area (Å²) in [5, 5.41) is 6.76. The number of alkyl carbamates (subject to hydrolysis) is 1. The highest BCUT2D eigenvalue weighted by atomic mass is 16.5. The molecule has 0 spiro atoms. The Hall–Kier alpha value is -3.27. The molecule has 4 heteroatoms. The minimum Gasteiger partial charge on any atom is -0.450 e. The van der Waals surface area contributed by atoms with Gasteiger partial charge >= 0.3 is 6.09 Å². The molecule has 0 saturated carbocycles. The number of benzene rings is 3. The molecule has 1 aliphatic carbocycles.